The number of carboxylic acid groups (broad SMARTS) is 1. The van der Waals surface area contributed by atoms with Gasteiger partial charge in [0.1, 0.15) is 12.0 Å². The molecule has 2 amide bonds. The van der Waals surface area contributed by atoms with Gasteiger partial charge in [-0.3, -0.25) is 9.69 Å². The Morgan fingerprint density at radius 3 is 2.20 bits per heavy atom. The maximum Gasteiger partial charge on any atom is 0.242 e. The normalized spacial score (nSPS) is 9.00. The number of hydrogen-bond acceptors (Lipinski definition) is 3. The highest BCUT2D eigenvalue weighted by Crippen LogP contribution is 1.90. The molecule has 4 nitrogen and oxygen atoms in total. The molecule has 0 aliphatic rings. The molecule has 10 heavy (non-hydrogen) atoms. The minimum atomic E-state index is -1.51. The van der Waals surface area contributed by atoms with Gasteiger partial charge in [0.2, 0.25) is 5.91 Å². The second-order valence-electron chi connectivity index (χ2n) is 1.54. The van der Waals surface area contributed by atoms with Crippen molar-refractivity contribution in [2.24, 2.45) is 0 Å². The molecule has 0 saturated heterocycles. The van der Waals surface area contributed by atoms with Gasteiger partial charge in [-0.25, -0.2) is 0 Å². The average Bonchev–Trinajstić information content (AvgIpc) is 1.88. The van der Waals surface area contributed by atoms with Crippen molar-refractivity contribution < 1.29 is 14.7 Å². The van der Waals surface area contributed by atoms with Gasteiger partial charge < -0.3 is 9.90 Å². The topological polar surface area (TPSA) is 60.4 Å². The standard InChI is InChI=1S/C5H8ClNO3/c1-2-7(5(9)10)4(8)3-6/h2-3H2,1H3,(H,9,10)/p-1. The monoisotopic (exact) mass is 164 g/mol. The van der Waals surface area contributed by atoms with Crippen LogP contribution in [0.5, 0.6) is 0 Å². The van der Waals surface area contributed by atoms with Crippen LogP contribution in [0.2, 0.25) is 0 Å². The third-order valence-corrected chi connectivity index (χ3v) is 1.18. The third-order valence-electron chi connectivity index (χ3n) is 0.952. The molecule has 0 aliphatic carbocycles. The third kappa shape index (κ3) is 2.23. The van der Waals surface area contributed by atoms with Crippen molar-refractivity contribution in [3.63, 3.8) is 0 Å². The van der Waals surface area contributed by atoms with Gasteiger partial charge in [-0.15, -0.1) is 11.6 Å². The van der Waals surface area contributed by atoms with Gasteiger partial charge >= 0.3 is 0 Å². The fourth-order valence-corrected chi connectivity index (χ4v) is 0.624. The van der Waals surface area contributed by atoms with E-state index in [1.807, 2.05) is 0 Å². The summed E-state index contributed by atoms with van der Waals surface area (Å²) in [6, 6.07) is 0. The van der Waals surface area contributed by atoms with Crippen LogP contribution >= 0.6 is 11.6 Å². The number of hydrogen-bond donors (Lipinski definition) is 0. The van der Waals surface area contributed by atoms with E-state index in [9.17, 15) is 14.7 Å². The van der Waals surface area contributed by atoms with E-state index >= 15 is 0 Å². The minimum absolute atomic E-state index is 0.0773. The van der Waals surface area contributed by atoms with Gasteiger partial charge in [-0.1, -0.05) is 0 Å². The second-order valence-corrected chi connectivity index (χ2v) is 1.80. The summed E-state index contributed by atoms with van der Waals surface area (Å²) in [5.41, 5.74) is 0. The summed E-state index contributed by atoms with van der Waals surface area (Å²) in [6.07, 6.45) is -1.51. The second kappa shape index (κ2) is 4.11. The molecule has 0 radical (unpaired) electrons. The van der Waals surface area contributed by atoms with Gasteiger partial charge in [-0.2, -0.15) is 0 Å². The Bertz CT molecular complexity index is 148. The molecule has 0 N–H and O–H groups in total. The van der Waals surface area contributed by atoms with Gasteiger partial charge in [0.05, 0.1) is 0 Å². The number of rotatable bonds is 2. The zero-order valence-corrected chi connectivity index (χ0v) is 6.22. The summed E-state index contributed by atoms with van der Waals surface area (Å²) >= 11 is 5.09. The van der Waals surface area contributed by atoms with E-state index in [-0.39, 0.29) is 12.4 Å². The lowest BCUT2D eigenvalue weighted by atomic mass is 10.5. The summed E-state index contributed by atoms with van der Waals surface area (Å²) < 4.78 is 0. The first-order valence-corrected chi connectivity index (χ1v) is 3.24. The number of amides is 2. The Kier molecular flexibility index (Phi) is 3.79. The zero-order chi connectivity index (χ0) is 8.15. The van der Waals surface area contributed by atoms with Gasteiger partial charge in [-0.05, 0) is 6.92 Å². The summed E-state index contributed by atoms with van der Waals surface area (Å²) in [5.74, 6) is -0.980. The van der Waals surface area contributed by atoms with Gasteiger partial charge in [0.25, 0.3) is 0 Å². The van der Waals surface area contributed by atoms with Crippen molar-refractivity contribution in [1.82, 2.24) is 4.90 Å². The first-order valence-electron chi connectivity index (χ1n) is 2.70. The summed E-state index contributed by atoms with van der Waals surface area (Å²) in [6.45, 7) is 1.61. The predicted octanol–water partition coefficient (Wildman–Crippen LogP) is -0.583. The van der Waals surface area contributed by atoms with Crippen molar-refractivity contribution in [2.75, 3.05) is 12.4 Å². The molecule has 0 rings (SSSR count). The Morgan fingerprint density at radius 1 is 1.60 bits per heavy atom. The van der Waals surface area contributed by atoms with Gasteiger partial charge in [0, 0.05) is 6.54 Å². The Balaban J connectivity index is 4.06. The maximum absolute atomic E-state index is 10.6. The van der Waals surface area contributed by atoms with E-state index in [0.717, 1.165) is 0 Å². The molecule has 0 atom stereocenters. The predicted molar refractivity (Wildman–Crippen MR) is 33.5 cm³/mol. The highest BCUT2D eigenvalue weighted by molar-refractivity contribution is 6.28. The lowest BCUT2D eigenvalue weighted by Crippen LogP contribution is -2.45. The fraction of sp³-hybridized carbons (Fsp3) is 0.600. The van der Waals surface area contributed by atoms with Crippen LogP contribution in [0.25, 0.3) is 0 Å². The minimum Gasteiger partial charge on any atom is -0.530 e. The van der Waals surface area contributed by atoms with Crippen LogP contribution in [0, 0.1) is 0 Å². The van der Waals surface area contributed by atoms with Crippen molar-refractivity contribution >= 4 is 23.6 Å². The highest BCUT2D eigenvalue weighted by Gasteiger charge is 2.09. The largest absolute Gasteiger partial charge is 0.530 e. The lowest BCUT2D eigenvalue weighted by molar-refractivity contribution is -0.263. The van der Waals surface area contributed by atoms with Crippen molar-refractivity contribution in [2.45, 2.75) is 6.92 Å². The van der Waals surface area contributed by atoms with Crippen LogP contribution in [0.1, 0.15) is 6.92 Å². The summed E-state index contributed by atoms with van der Waals surface area (Å²) in [7, 11) is 0. The number of alkyl halides is 1. The molecule has 0 aromatic carbocycles. The van der Waals surface area contributed by atoms with E-state index < -0.39 is 12.0 Å². The number of halogens is 1. The molecule has 0 aliphatic heterocycles. The Labute approximate surface area is 63.4 Å². The smallest absolute Gasteiger partial charge is 0.242 e. The molecule has 0 unspecified atom stereocenters. The van der Waals surface area contributed by atoms with Crippen LogP contribution in [-0.4, -0.2) is 29.3 Å². The first-order chi connectivity index (χ1) is 4.63. The maximum atomic E-state index is 10.6. The van der Waals surface area contributed by atoms with E-state index in [1.165, 1.54) is 6.92 Å². The van der Waals surface area contributed by atoms with Crippen LogP contribution < -0.4 is 5.11 Å². The lowest BCUT2D eigenvalue weighted by Gasteiger charge is -2.19. The Hall–Kier alpha value is -0.770. The number of carbonyl (C=O) groups excluding carboxylic acids is 2. The number of carbonyl (C=O) groups is 2. The molecule has 0 spiro atoms. The van der Waals surface area contributed by atoms with E-state index in [4.69, 9.17) is 11.6 Å². The quantitative estimate of drug-likeness (QED) is 0.513. The van der Waals surface area contributed by atoms with Crippen molar-refractivity contribution in [3.8, 4) is 0 Å². The summed E-state index contributed by atoms with van der Waals surface area (Å²) in [4.78, 5) is 21.2. The average molecular weight is 165 g/mol. The van der Waals surface area contributed by atoms with Crippen LogP contribution in [0.4, 0.5) is 4.79 Å². The summed E-state index contributed by atoms with van der Waals surface area (Å²) in [5, 5.41) is 10.1. The molecular weight excluding hydrogens is 158 g/mol. The molecule has 0 aromatic rings. The SMILES string of the molecule is CCN(C(=O)[O-])C(=O)CCl. The van der Waals surface area contributed by atoms with E-state index in [1.54, 1.807) is 0 Å². The fourth-order valence-electron chi connectivity index (χ4n) is 0.479. The molecular formula is C5H7ClNO3-. The van der Waals surface area contributed by atoms with Crippen molar-refractivity contribution in [3.05, 3.63) is 0 Å². The van der Waals surface area contributed by atoms with Crippen LogP contribution in [-0.2, 0) is 4.79 Å². The number of imide groups is 1. The molecule has 0 saturated carbocycles. The molecule has 0 heterocycles. The molecule has 0 bridgehead atoms. The van der Waals surface area contributed by atoms with Crippen LogP contribution in [0.3, 0.4) is 0 Å². The molecule has 0 fully saturated rings. The van der Waals surface area contributed by atoms with Crippen LogP contribution in [0.15, 0.2) is 0 Å². The number of nitrogens with zero attached hydrogens (tertiary/aromatic N) is 1. The van der Waals surface area contributed by atoms with Gasteiger partial charge in [0.15, 0.2) is 0 Å². The van der Waals surface area contributed by atoms with E-state index in [0.29, 0.717) is 4.90 Å². The molecule has 0 aromatic heterocycles. The highest BCUT2D eigenvalue weighted by atomic mass is 35.5. The molecule has 58 valence electrons. The first kappa shape index (κ1) is 9.23. The molecule has 5 heteroatoms. The zero-order valence-electron chi connectivity index (χ0n) is 5.46. The Morgan fingerprint density at radius 2 is 2.10 bits per heavy atom. The van der Waals surface area contributed by atoms with E-state index in [2.05, 4.69) is 0 Å². The van der Waals surface area contributed by atoms with Crippen molar-refractivity contribution in [1.29, 1.82) is 0 Å².